The Morgan fingerprint density at radius 2 is 1.91 bits per heavy atom. The summed E-state index contributed by atoms with van der Waals surface area (Å²) in [5.41, 5.74) is 0.504. The van der Waals surface area contributed by atoms with E-state index >= 15 is 0 Å². The van der Waals surface area contributed by atoms with Crippen LogP contribution in [-0.4, -0.2) is 42.3 Å². The van der Waals surface area contributed by atoms with Gasteiger partial charge in [0.05, 0.1) is 4.90 Å². The van der Waals surface area contributed by atoms with Crippen molar-refractivity contribution in [2.45, 2.75) is 43.5 Å². The van der Waals surface area contributed by atoms with Crippen molar-refractivity contribution in [3.05, 3.63) is 24.3 Å². The number of carbonyl (C=O) groups excluding carboxylic acids is 1. The molecule has 1 aliphatic heterocycles. The third-order valence-corrected chi connectivity index (χ3v) is 5.73. The van der Waals surface area contributed by atoms with Crippen LogP contribution < -0.4 is 5.32 Å². The van der Waals surface area contributed by atoms with E-state index in [-0.39, 0.29) is 17.3 Å². The van der Waals surface area contributed by atoms with Crippen LogP contribution in [0.25, 0.3) is 0 Å². The molecule has 0 aliphatic carbocycles. The number of carboxylic acids is 1. The maximum Gasteiger partial charge on any atom is 0.322 e. The minimum atomic E-state index is -3.87. The molecular formula is C15H20N2O5S. The number of benzene rings is 1. The fraction of sp³-hybridized carbons (Fsp3) is 0.467. The van der Waals surface area contributed by atoms with Gasteiger partial charge < -0.3 is 10.4 Å². The molecule has 1 amide bonds. The summed E-state index contributed by atoms with van der Waals surface area (Å²) in [6.45, 7) is 1.92. The largest absolute Gasteiger partial charge is 0.480 e. The van der Waals surface area contributed by atoms with Crippen molar-refractivity contribution in [2.75, 3.05) is 11.9 Å². The van der Waals surface area contributed by atoms with Crippen LogP contribution in [0.4, 0.5) is 5.69 Å². The molecule has 2 rings (SSSR count). The topological polar surface area (TPSA) is 104 Å². The van der Waals surface area contributed by atoms with E-state index in [0.29, 0.717) is 31.4 Å². The summed E-state index contributed by atoms with van der Waals surface area (Å²) in [6, 6.07) is 4.75. The van der Waals surface area contributed by atoms with E-state index < -0.39 is 22.0 Å². The first-order valence-corrected chi connectivity index (χ1v) is 8.95. The number of anilines is 1. The van der Waals surface area contributed by atoms with Gasteiger partial charge in [-0.05, 0) is 43.5 Å². The number of carbonyl (C=O) groups is 2. The fourth-order valence-electron chi connectivity index (χ4n) is 2.53. The predicted octanol–water partition coefficient (Wildman–Crippen LogP) is 1.66. The van der Waals surface area contributed by atoms with Crippen molar-refractivity contribution in [1.29, 1.82) is 0 Å². The van der Waals surface area contributed by atoms with E-state index in [1.807, 2.05) is 0 Å². The molecule has 1 unspecified atom stereocenters. The first-order chi connectivity index (χ1) is 10.9. The lowest BCUT2D eigenvalue weighted by Crippen LogP contribution is -2.47. The number of sulfonamides is 1. The Labute approximate surface area is 135 Å². The summed E-state index contributed by atoms with van der Waals surface area (Å²) in [7, 11) is -3.87. The van der Waals surface area contributed by atoms with Crippen LogP contribution in [0.1, 0.15) is 32.6 Å². The third-order valence-electron chi connectivity index (χ3n) is 3.80. The predicted molar refractivity (Wildman–Crippen MR) is 84.5 cm³/mol. The number of rotatable bonds is 5. The van der Waals surface area contributed by atoms with Gasteiger partial charge in [-0.1, -0.05) is 6.92 Å². The second-order valence-electron chi connectivity index (χ2n) is 5.39. The average molecular weight is 340 g/mol. The summed E-state index contributed by atoms with van der Waals surface area (Å²) in [5.74, 6) is -1.29. The van der Waals surface area contributed by atoms with Crippen LogP contribution in [0.15, 0.2) is 29.2 Å². The molecule has 1 aliphatic rings. The molecule has 126 valence electrons. The minimum absolute atomic E-state index is 0.0279. The number of hydrogen-bond acceptors (Lipinski definition) is 4. The molecule has 0 saturated carbocycles. The number of carboxylic acid groups (broad SMARTS) is 1. The number of nitrogens with zero attached hydrogens (tertiary/aromatic N) is 1. The lowest BCUT2D eigenvalue weighted by atomic mass is 10.1. The standard InChI is InChI=1S/C15H20N2O5S/c1-2-14(18)16-11-6-8-12(9-7-11)23(21,22)17-10-4-3-5-13(17)15(19)20/h6-9,13H,2-5,10H2,1H3,(H,16,18)(H,19,20). The lowest BCUT2D eigenvalue weighted by molar-refractivity contribution is -0.142. The Kier molecular flexibility index (Phi) is 5.38. The normalized spacial score (nSPS) is 19.3. The molecule has 0 aromatic heterocycles. The summed E-state index contributed by atoms with van der Waals surface area (Å²) in [5, 5.41) is 11.9. The number of hydrogen-bond donors (Lipinski definition) is 2. The zero-order valence-electron chi connectivity index (χ0n) is 12.9. The lowest BCUT2D eigenvalue weighted by Gasteiger charge is -2.31. The van der Waals surface area contributed by atoms with Crippen molar-refractivity contribution in [3.8, 4) is 0 Å². The molecule has 0 spiro atoms. The number of nitrogens with one attached hydrogen (secondary N) is 1. The van der Waals surface area contributed by atoms with Gasteiger partial charge in [0.1, 0.15) is 6.04 Å². The molecule has 1 heterocycles. The van der Waals surface area contributed by atoms with Gasteiger partial charge in [-0.25, -0.2) is 8.42 Å². The van der Waals surface area contributed by atoms with E-state index in [1.54, 1.807) is 6.92 Å². The number of aliphatic carboxylic acids is 1. The minimum Gasteiger partial charge on any atom is -0.480 e. The summed E-state index contributed by atoms with van der Waals surface area (Å²) in [4.78, 5) is 22.7. The van der Waals surface area contributed by atoms with Gasteiger partial charge >= 0.3 is 5.97 Å². The summed E-state index contributed by atoms with van der Waals surface area (Å²) >= 11 is 0. The Morgan fingerprint density at radius 3 is 2.48 bits per heavy atom. The first kappa shape index (κ1) is 17.4. The van der Waals surface area contributed by atoms with Crippen molar-refractivity contribution in [1.82, 2.24) is 4.31 Å². The van der Waals surface area contributed by atoms with Crippen molar-refractivity contribution >= 4 is 27.6 Å². The van der Waals surface area contributed by atoms with Gasteiger partial charge in [0.25, 0.3) is 0 Å². The van der Waals surface area contributed by atoms with E-state index in [9.17, 15) is 23.1 Å². The zero-order valence-corrected chi connectivity index (χ0v) is 13.7. The van der Waals surface area contributed by atoms with E-state index in [2.05, 4.69) is 5.32 Å². The first-order valence-electron chi connectivity index (χ1n) is 7.51. The van der Waals surface area contributed by atoms with Gasteiger partial charge in [0.2, 0.25) is 15.9 Å². The van der Waals surface area contributed by atoms with Gasteiger partial charge in [-0.2, -0.15) is 4.31 Å². The molecule has 0 radical (unpaired) electrons. The van der Waals surface area contributed by atoms with E-state index in [4.69, 9.17) is 0 Å². The third kappa shape index (κ3) is 3.89. The number of piperidine rings is 1. The maximum atomic E-state index is 12.7. The molecule has 0 bridgehead atoms. The highest BCUT2D eigenvalue weighted by Crippen LogP contribution is 2.26. The quantitative estimate of drug-likeness (QED) is 0.848. The molecule has 1 aromatic carbocycles. The second kappa shape index (κ2) is 7.10. The highest BCUT2D eigenvalue weighted by Gasteiger charge is 2.37. The van der Waals surface area contributed by atoms with E-state index in [0.717, 1.165) is 4.31 Å². The van der Waals surface area contributed by atoms with Crippen LogP contribution in [0.3, 0.4) is 0 Å². The smallest absolute Gasteiger partial charge is 0.322 e. The zero-order chi connectivity index (χ0) is 17.0. The van der Waals surface area contributed by atoms with Crippen LogP contribution >= 0.6 is 0 Å². The molecular weight excluding hydrogens is 320 g/mol. The van der Waals surface area contributed by atoms with Crippen LogP contribution in [-0.2, 0) is 19.6 Å². The molecule has 2 N–H and O–H groups in total. The van der Waals surface area contributed by atoms with Crippen LogP contribution in [0, 0.1) is 0 Å². The Bertz CT molecular complexity index is 684. The fourth-order valence-corrected chi connectivity index (χ4v) is 4.19. The maximum absolute atomic E-state index is 12.7. The average Bonchev–Trinajstić information content (AvgIpc) is 2.55. The summed E-state index contributed by atoms with van der Waals surface area (Å²) < 4.78 is 26.4. The highest BCUT2D eigenvalue weighted by molar-refractivity contribution is 7.89. The highest BCUT2D eigenvalue weighted by atomic mass is 32.2. The van der Waals surface area contributed by atoms with Crippen LogP contribution in [0.5, 0.6) is 0 Å². The Hall–Kier alpha value is -1.93. The van der Waals surface area contributed by atoms with Gasteiger partial charge in [0.15, 0.2) is 0 Å². The van der Waals surface area contributed by atoms with Gasteiger partial charge in [0, 0.05) is 18.7 Å². The second-order valence-corrected chi connectivity index (χ2v) is 7.28. The Morgan fingerprint density at radius 1 is 1.26 bits per heavy atom. The number of amides is 1. The molecule has 1 saturated heterocycles. The Balaban J connectivity index is 2.24. The van der Waals surface area contributed by atoms with Gasteiger partial charge in [-0.3, -0.25) is 9.59 Å². The SMILES string of the molecule is CCC(=O)Nc1ccc(S(=O)(=O)N2CCCCC2C(=O)O)cc1. The molecule has 8 heteroatoms. The van der Waals surface area contributed by atoms with E-state index in [1.165, 1.54) is 24.3 Å². The molecule has 1 atom stereocenters. The molecule has 7 nitrogen and oxygen atoms in total. The van der Waals surface area contributed by atoms with Gasteiger partial charge in [-0.15, -0.1) is 0 Å². The van der Waals surface area contributed by atoms with Crippen molar-refractivity contribution < 1.29 is 23.1 Å². The van der Waals surface area contributed by atoms with Crippen molar-refractivity contribution in [3.63, 3.8) is 0 Å². The van der Waals surface area contributed by atoms with Crippen LogP contribution in [0.2, 0.25) is 0 Å². The monoisotopic (exact) mass is 340 g/mol. The summed E-state index contributed by atoms with van der Waals surface area (Å²) in [6.07, 6.45) is 1.99. The molecule has 1 aromatic rings. The van der Waals surface area contributed by atoms with Crippen molar-refractivity contribution in [2.24, 2.45) is 0 Å². The molecule has 23 heavy (non-hydrogen) atoms. The molecule has 1 fully saturated rings.